The van der Waals surface area contributed by atoms with E-state index in [9.17, 15) is 9.90 Å². The van der Waals surface area contributed by atoms with Crippen LogP contribution in [0.15, 0.2) is 91.0 Å². The molecule has 0 saturated carbocycles. The minimum absolute atomic E-state index is 0.276. The molecule has 192 valence electrons. The fourth-order valence-corrected chi connectivity index (χ4v) is 5.10. The average Bonchev–Trinajstić information content (AvgIpc) is 3.15. The standard InChI is InChI=1S/C33H29ClFNO2/c1-21-28-17-24(25-11-15-27(29(35)18-25)23-7-5-4-6-8-23)12-16-30(28)36(20-22-9-13-26(34)14-10-22)31(21)19-33(2,3)32(37)38/h4-18H,19-20H2,1-3H3,(H,37,38)/p-1. The number of hydrogen-bond acceptors (Lipinski definition) is 2. The van der Waals surface area contributed by atoms with Gasteiger partial charge in [0.1, 0.15) is 5.82 Å². The van der Waals surface area contributed by atoms with Crippen LogP contribution in [0.1, 0.15) is 30.7 Å². The third-order valence-corrected chi connectivity index (χ3v) is 7.51. The maximum absolute atomic E-state index is 15.1. The zero-order valence-electron chi connectivity index (χ0n) is 21.6. The van der Waals surface area contributed by atoms with E-state index in [2.05, 4.69) is 10.6 Å². The van der Waals surface area contributed by atoms with Crippen LogP contribution in [-0.4, -0.2) is 10.5 Å². The Balaban J connectivity index is 1.60. The Bertz CT molecular complexity index is 1640. The van der Waals surface area contributed by atoms with Gasteiger partial charge in [0.2, 0.25) is 0 Å². The third kappa shape index (κ3) is 4.97. The van der Waals surface area contributed by atoms with Gasteiger partial charge in [0, 0.05) is 45.1 Å². The molecule has 0 aliphatic rings. The second-order valence-corrected chi connectivity index (χ2v) is 10.9. The molecule has 0 N–H and O–H groups in total. The van der Waals surface area contributed by atoms with Crippen molar-refractivity contribution in [2.45, 2.75) is 33.7 Å². The smallest absolute Gasteiger partial charge is 0.131 e. The molecule has 0 aliphatic heterocycles. The van der Waals surface area contributed by atoms with E-state index in [0.29, 0.717) is 23.6 Å². The van der Waals surface area contributed by atoms with Gasteiger partial charge in [0.15, 0.2) is 0 Å². The van der Waals surface area contributed by atoms with Gasteiger partial charge in [-0.25, -0.2) is 4.39 Å². The molecule has 3 nitrogen and oxygen atoms in total. The van der Waals surface area contributed by atoms with E-state index in [-0.39, 0.29) is 5.82 Å². The summed E-state index contributed by atoms with van der Waals surface area (Å²) in [5.41, 5.74) is 6.02. The van der Waals surface area contributed by atoms with Gasteiger partial charge in [-0.2, -0.15) is 0 Å². The monoisotopic (exact) mass is 524 g/mol. The minimum Gasteiger partial charge on any atom is -0.550 e. The largest absolute Gasteiger partial charge is 0.550 e. The van der Waals surface area contributed by atoms with Crippen molar-refractivity contribution in [3.8, 4) is 22.3 Å². The number of rotatable bonds is 7. The first-order chi connectivity index (χ1) is 18.1. The molecule has 0 fully saturated rings. The van der Waals surface area contributed by atoms with Gasteiger partial charge in [0.05, 0.1) is 0 Å². The molecule has 1 aromatic heterocycles. The lowest BCUT2D eigenvalue weighted by Gasteiger charge is -2.27. The first kappa shape index (κ1) is 25.7. The van der Waals surface area contributed by atoms with Gasteiger partial charge in [0.25, 0.3) is 0 Å². The topological polar surface area (TPSA) is 45.1 Å². The van der Waals surface area contributed by atoms with Crippen LogP contribution in [0.2, 0.25) is 5.02 Å². The predicted octanol–water partition coefficient (Wildman–Crippen LogP) is 7.44. The predicted molar refractivity (Wildman–Crippen MR) is 151 cm³/mol. The number of carbonyl (C=O) groups is 1. The van der Waals surface area contributed by atoms with E-state index in [1.54, 1.807) is 19.9 Å². The summed E-state index contributed by atoms with van der Waals surface area (Å²) in [6.07, 6.45) is 0.319. The van der Waals surface area contributed by atoms with E-state index in [1.807, 2.05) is 85.8 Å². The van der Waals surface area contributed by atoms with Crippen LogP contribution in [0.25, 0.3) is 33.2 Å². The van der Waals surface area contributed by atoms with Crippen molar-refractivity contribution < 1.29 is 14.3 Å². The molecular weight excluding hydrogens is 497 g/mol. The Morgan fingerprint density at radius 2 is 1.55 bits per heavy atom. The van der Waals surface area contributed by atoms with Gasteiger partial charge < -0.3 is 14.5 Å². The third-order valence-electron chi connectivity index (χ3n) is 7.25. The molecule has 0 spiro atoms. The van der Waals surface area contributed by atoms with Crippen LogP contribution in [0, 0.1) is 18.2 Å². The Morgan fingerprint density at radius 1 is 0.895 bits per heavy atom. The van der Waals surface area contributed by atoms with Gasteiger partial charge in [-0.3, -0.25) is 0 Å². The van der Waals surface area contributed by atoms with Crippen molar-refractivity contribution in [3.05, 3.63) is 119 Å². The maximum Gasteiger partial charge on any atom is 0.131 e. The SMILES string of the molecule is Cc1c(CC(C)(C)C(=O)[O-])n(Cc2ccc(Cl)cc2)c2ccc(-c3ccc(-c4ccccc4)c(F)c3)cc12. The highest BCUT2D eigenvalue weighted by molar-refractivity contribution is 6.30. The Labute approximate surface area is 227 Å². The molecular formula is C33H28ClFNO2-. The Morgan fingerprint density at radius 3 is 2.21 bits per heavy atom. The van der Waals surface area contributed by atoms with E-state index >= 15 is 4.39 Å². The lowest BCUT2D eigenvalue weighted by atomic mass is 9.87. The van der Waals surface area contributed by atoms with Crippen molar-refractivity contribution in [2.24, 2.45) is 5.41 Å². The lowest BCUT2D eigenvalue weighted by Crippen LogP contribution is -2.40. The highest BCUT2D eigenvalue weighted by Gasteiger charge is 2.25. The number of carboxylic acids is 1. The molecule has 0 unspecified atom stereocenters. The number of benzene rings is 4. The summed E-state index contributed by atoms with van der Waals surface area (Å²) < 4.78 is 17.3. The highest BCUT2D eigenvalue weighted by atomic mass is 35.5. The fourth-order valence-electron chi connectivity index (χ4n) is 4.97. The first-order valence-electron chi connectivity index (χ1n) is 12.6. The molecule has 5 aromatic rings. The quantitative estimate of drug-likeness (QED) is 0.222. The van der Waals surface area contributed by atoms with Crippen LogP contribution >= 0.6 is 11.6 Å². The molecule has 5 heteroatoms. The Kier molecular flexibility index (Phi) is 6.85. The summed E-state index contributed by atoms with van der Waals surface area (Å²) >= 11 is 6.09. The number of aliphatic carboxylic acids is 1. The molecule has 0 bridgehead atoms. The van der Waals surface area contributed by atoms with Crippen molar-refractivity contribution >= 4 is 28.5 Å². The van der Waals surface area contributed by atoms with Gasteiger partial charge >= 0.3 is 0 Å². The van der Waals surface area contributed by atoms with Crippen LogP contribution in [0.3, 0.4) is 0 Å². The van der Waals surface area contributed by atoms with Crippen molar-refractivity contribution in [2.75, 3.05) is 0 Å². The van der Waals surface area contributed by atoms with Crippen LogP contribution in [-0.2, 0) is 17.8 Å². The van der Waals surface area contributed by atoms with Crippen molar-refractivity contribution in [3.63, 3.8) is 0 Å². The molecule has 0 amide bonds. The lowest BCUT2D eigenvalue weighted by molar-refractivity contribution is -0.317. The molecule has 4 aromatic carbocycles. The number of carbonyl (C=O) groups excluding carboxylic acids is 1. The number of aromatic nitrogens is 1. The second kappa shape index (κ2) is 10.1. The summed E-state index contributed by atoms with van der Waals surface area (Å²) in [6, 6.07) is 28.6. The zero-order chi connectivity index (χ0) is 27.0. The van der Waals surface area contributed by atoms with Crippen molar-refractivity contribution in [1.82, 2.24) is 4.57 Å². The highest BCUT2D eigenvalue weighted by Crippen LogP contribution is 2.35. The van der Waals surface area contributed by atoms with Gasteiger partial charge in [-0.1, -0.05) is 86.1 Å². The molecule has 0 aliphatic carbocycles. The van der Waals surface area contributed by atoms with Crippen LogP contribution in [0.4, 0.5) is 4.39 Å². The number of nitrogens with zero attached hydrogens (tertiary/aromatic N) is 1. The number of aryl methyl sites for hydroxylation is 1. The summed E-state index contributed by atoms with van der Waals surface area (Å²) in [5.74, 6) is -1.36. The maximum atomic E-state index is 15.1. The molecule has 0 atom stereocenters. The number of halogens is 2. The number of fused-ring (bicyclic) bond motifs is 1. The van der Waals surface area contributed by atoms with Gasteiger partial charge in [-0.15, -0.1) is 0 Å². The summed E-state index contributed by atoms with van der Waals surface area (Å²) in [4.78, 5) is 11.9. The second-order valence-electron chi connectivity index (χ2n) is 10.4. The van der Waals surface area contributed by atoms with Crippen molar-refractivity contribution in [1.29, 1.82) is 0 Å². The number of hydrogen-bond donors (Lipinski definition) is 0. The first-order valence-corrected chi connectivity index (χ1v) is 12.9. The summed E-state index contributed by atoms with van der Waals surface area (Å²) in [6.45, 7) is 5.97. The molecule has 5 rings (SSSR count). The van der Waals surface area contributed by atoms with E-state index in [1.165, 1.54) is 0 Å². The minimum atomic E-state index is -1.09. The zero-order valence-corrected chi connectivity index (χ0v) is 22.4. The van der Waals surface area contributed by atoms with E-state index in [4.69, 9.17) is 11.6 Å². The summed E-state index contributed by atoms with van der Waals surface area (Å²) in [5, 5.41) is 13.6. The fraction of sp³-hybridized carbons (Fsp3) is 0.182. The van der Waals surface area contributed by atoms with E-state index in [0.717, 1.165) is 44.4 Å². The van der Waals surface area contributed by atoms with Crippen LogP contribution in [0.5, 0.6) is 0 Å². The van der Waals surface area contributed by atoms with Crippen LogP contribution < -0.4 is 5.11 Å². The molecule has 0 radical (unpaired) electrons. The summed E-state index contributed by atoms with van der Waals surface area (Å²) in [7, 11) is 0. The molecule has 1 heterocycles. The normalized spacial score (nSPS) is 11.7. The number of carboxylic acid groups (broad SMARTS) is 1. The molecule has 0 saturated heterocycles. The average molecular weight is 525 g/mol. The molecule has 38 heavy (non-hydrogen) atoms. The Hall–Kier alpha value is -3.89. The van der Waals surface area contributed by atoms with Gasteiger partial charge in [-0.05, 0) is 71.5 Å². The van der Waals surface area contributed by atoms with E-state index < -0.39 is 11.4 Å².